The monoisotopic (exact) mass is 780 g/mol. The number of hydrogen-bond donors (Lipinski definition) is 2. The Morgan fingerprint density at radius 2 is 1.37 bits per heavy atom. The number of carbonyl (C=O) groups excluding carboxylic acids is 1. The minimum atomic E-state index is -2.34. The lowest BCUT2D eigenvalue weighted by molar-refractivity contribution is -0.276. The van der Waals surface area contributed by atoms with Crippen molar-refractivity contribution in [1.82, 2.24) is 10.2 Å². The molecule has 294 valence electrons. The van der Waals surface area contributed by atoms with Crippen LogP contribution in [0.4, 0.5) is 22.0 Å². The van der Waals surface area contributed by atoms with Crippen LogP contribution >= 0.6 is 0 Å². The average Bonchev–Trinajstić information content (AvgIpc) is 3.24. The zero-order chi connectivity index (χ0) is 40.4. The lowest BCUT2D eigenvalue weighted by Gasteiger charge is -2.43. The second-order valence-electron chi connectivity index (χ2n) is 14.5. The minimum absolute atomic E-state index is 0.0429. The number of nitrogens with one attached hydrogen (secondary N) is 1. The maximum Gasteiger partial charge on any atom is 0.257 e. The van der Waals surface area contributed by atoms with Gasteiger partial charge < -0.3 is 19.9 Å². The molecule has 0 radical (unpaired) electrons. The van der Waals surface area contributed by atoms with Gasteiger partial charge in [-0.1, -0.05) is 116 Å². The molecule has 0 aromatic heterocycles. The largest absolute Gasteiger partial charge is 0.392 e. The Kier molecular flexibility index (Phi) is 11.8. The van der Waals surface area contributed by atoms with Gasteiger partial charge in [-0.3, -0.25) is 9.69 Å². The minimum Gasteiger partial charge on any atom is -0.392 e. The number of carbonyl (C=O) groups is 1. The highest BCUT2D eigenvalue weighted by Crippen LogP contribution is 2.43. The number of nitrogens with zero attached hydrogens (tertiary/aromatic N) is 1. The van der Waals surface area contributed by atoms with E-state index in [2.05, 4.69) is 61.4 Å². The van der Waals surface area contributed by atoms with Crippen LogP contribution in [0.25, 0.3) is 21.9 Å². The number of fused-ring (bicyclic) bond motifs is 1. The van der Waals surface area contributed by atoms with E-state index in [0.29, 0.717) is 17.7 Å². The maximum atomic E-state index is 14.3. The standard InChI is InChI=1S/C46H41F5N2O4/c1-26-37(24-53(3)27(2)33-21-16-29-8-4-5-9-34(29)22-33)56-46(57-44(26)31-14-12-28(25-54)13-15-31)32-19-17-30(18-20-32)36-11-7-6-10-35(36)23-52-45(55)38-39(47)41(49)43(51)42(50)40(38)48/h4-22,26-27,37,44,46,54H,23-25H2,1-3H3,(H,52,55)/t26-,27-,37+,44+,46+/m1/s1. The molecule has 57 heavy (non-hydrogen) atoms. The molecule has 1 amide bonds. The normalized spacial score (nSPS) is 18.8. The molecule has 1 aliphatic rings. The Balaban J connectivity index is 1.11. The molecule has 1 aliphatic heterocycles. The molecule has 6 aromatic carbocycles. The van der Waals surface area contributed by atoms with E-state index < -0.39 is 46.8 Å². The maximum absolute atomic E-state index is 14.3. The number of aliphatic hydroxyl groups excluding tert-OH is 1. The molecule has 1 heterocycles. The summed E-state index contributed by atoms with van der Waals surface area (Å²) in [4.78, 5) is 15.0. The number of aliphatic hydroxyl groups is 1. The van der Waals surface area contributed by atoms with Gasteiger partial charge in [-0.05, 0) is 64.2 Å². The molecule has 5 atom stereocenters. The second-order valence-corrected chi connectivity index (χ2v) is 14.5. The number of likely N-dealkylation sites (N-methyl/N-ethyl adjacent to an activating group) is 1. The van der Waals surface area contributed by atoms with Crippen molar-refractivity contribution in [3.8, 4) is 11.1 Å². The van der Waals surface area contributed by atoms with Gasteiger partial charge in [-0.2, -0.15) is 0 Å². The van der Waals surface area contributed by atoms with Crippen molar-refractivity contribution in [2.45, 2.75) is 51.5 Å². The smallest absolute Gasteiger partial charge is 0.257 e. The van der Waals surface area contributed by atoms with Crippen LogP contribution < -0.4 is 5.32 Å². The number of rotatable bonds is 11. The van der Waals surface area contributed by atoms with Crippen molar-refractivity contribution in [3.63, 3.8) is 0 Å². The zero-order valence-corrected chi connectivity index (χ0v) is 31.5. The van der Waals surface area contributed by atoms with Gasteiger partial charge in [0.05, 0.1) is 18.8 Å². The number of amides is 1. The van der Waals surface area contributed by atoms with Crippen molar-refractivity contribution in [2.24, 2.45) is 5.92 Å². The summed E-state index contributed by atoms with van der Waals surface area (Å²) in [6, 6.07) is 37.0. The van der Waals surface area contributed by atoms with Crippen LogP contribution in [0.15, 0.2) is 115 Å². The van der Waals surface area contributed by atoms with Crippen LogP contribution in [0.2, 0.25) is 0 Å². The van der Waals surface area contributed by atoms with Gasteiger partial charge in [0.1, 0.15) is 5.56 Å². The summed E-state index contributed by atoms with van der Waals surface area (Å²) in [5.74, 6) is -12.6. The van der Waals surface area contributed by atoms with Crippen LogP contribution in [0, 0.1) is 35.0 Å². The molecular weight excluding hydrogens is 740 g/mol. The topological polar surface area (TPSA) is 71.0 Å². The van der Waals surface area contributed by atoms with E-state index in [9.17, 15) is 31.9 Å². The van der Waals surface area contributed by atoms with E-state index in [0.717, 1.165) is 22.3 Å². The number of benzene rings is 6. The third-order valence-corrected chi connectivity index (χ3v) is 10.9. The first-order valence-corrected chi connectivity index (χ1v) is 18.6. The molecule has 0 bridgehead atoms. The predicted octanol–water partition coefficient (Wildman–Crippen LogP) is 10.1. The second kappa shape index (κ2) is 17.0. The van der Waals surface area contributed by atoms with Gasteiger partial charge in [0, 0.05) is 30.6 Å². The fourth-order valence-electron chi connectivity index (χ4n) is 7.34. The van der Waals surface area contributed by atoms with E-state index >= 15 is 0 Å². The highest BCUT2D eigenvalue weighted by atomic mass is 19.2. The summed E-state index contributed by atoms with van der Waals surface area (Å²) in [7, 11) is 2.09. The first-order chi connectivity index (χ1) is 27.4. The highest BCUT2D eigenvalue weighted by molar-refractivity contribution is 5.95. The Morgan fingerprint density at radius 3 is 2.05 bits per heavy atom. The van der Waals surface area contributed by atoms with Gasteiger partial charge in [0.25, 0.3) is 5.91 Å². The first-order valence-electron chi connectivity index (χ1n) is 18.6. The summed E-state index contributed by atoms with van der Waals surface area (Å²) >= 11 is 0. The summed E-state index contributed by atoms with van der Waals surface area (Å²) < 4.78 is 83.2. The summed E-state index contributed by atoms with van der Waals surface area (Å²) in [5, 5.41) is 14.3. The molecule has 0 unspecified atom stereocenters. The molecule has 1 saturated heterocycles. The third-order valence-electron chi connectivity index (χ3n) is 10.9. The van der Waals surface area contributed by atoms with Crippen LogP contribution in [-0.4, -0.2) is 35.6 Å². The molecule has 2 N–H and O–H groups in total. The van der Waals surface area contributed by atoms with Gasteiger partial charge >= 0.3 is 0 Å². The van der Waals surface area contributed by atoms with Gasteiger partial charge in [0.15, 0.2) is 29.6 Å². The van der Waals surface area contributed by atoms with Gasteiger partial charge in [-0.25, -0.2) is 22.0 Å². The highest BCUT2D eigenvalue weighted by Gasteiger charge is 2.39. The fourth-order valence-corrected chi connectivity index (χ4v) is 7.34. The first kappa shape index (κ1) is 39.8. The lowest BCUT2D eigenvalue weighted by atomic mass is 9.89. The summed E-state index contributed by atoms with van der Waals surface area (Å²) in [6.45, 7) is 4.58. The summed E-state index contributed by atoms with van der Waals surface area (Å²) in [5.41, 5.74) is 4.10. The molecular formula is C46H41F5N2O4. The molecule has 6 nitrogen and oxygen atoms in total. The van der Waals surface area contributed by atoms with Crippen molar-refractivity contribution in [3.05, 3.63) is 178 Å². The lowest BCUT2D eigenvalue weighted by Crippen LogP contribution is -2.44. The number of hydrogen-bond acceptors (Lipinski definition) is 5. The predicted molar refractivity (Wildman–Crippen MR) is 207 cm³/mol. The van der Waals surface area contributed by atoms with Crippen molar-refractivity contribution >= 4 is 16.7 Å². The van der Waals surface area contributed by atoms with Crippen molar-refractivity contribution < 1.29 is 41.3 Å². The molecule has 7 rings (SSSR count). The molecule has 6 aromatic rings. The van der Waals surface area contributed by atoms with Gasteiger partial charge in [0.2, 0.25) is 5.82 Å². The fraction of sp³-hybridized carbons (Fsp3) is 0.239. The van der Waals surface area contributed by atoms with E-state index in [1.165, 1.54) is 16.3 Å². The quantitative estimate of drug-likeness (QED) is 0.0779. The molecule has 0 saturated carbocycles. The van der Waals surface area contributed by atoms with Crippen molar-refractivity contribution in [1.29, 1.82) is 0 Å². The Hall–Kier alpha value is -5.46. The molecule has 0 spiro atoms. The number of halogens is 5. The molecule has 11 heteroatoms. The van der Waals surface area contributed by atoms with Crippen molar-refractivity contribution in [2.75, 3.05) is 13.6 Å². The van der Waals surface area contributed by atoms with Crippen LogP contribution in [0.1, 0.15) is 70.5 Å². The van der Waals surface area contributed by atoms with Crippen LogP contribution in [0.3, 0.4) is 0 Å². The van der Waals surface area contributed by atoms with E-state index in [1.807, 2.05) is 60.7 Å². The molecule has 1 fully saturated rings. The summed E-state index contributed by atoms with van der Waals surface area (Å²) in [6.07, 6.45) is -1.29. The van der Waals surface area contributed by atoms with E-state index in [-0.39, 0.29) is 37.3 Å². The Labute approximate surface area is 327 Å². The Morgan fingerprint density at radius 1 is 0.754 bits per heavy atom. The van der Waals surface area contributed by atoms with E-state index in [1.54, 1.807) is 24.3 Å². The Bertz CT molecular complexity index is 2360. The number of ether oxygens (including phenoxy) is 2. The SMILES string of the molecule is C[C@@H]1[C@H](CN(C)[C@H](C)c2ccc3ccccc3c2)O[C@H](c2ccc(-c3ccccc3CNC(=O)c3c(F)c(F)c(F)c(F)c3F)cc2)O[C@@H]1c1ccc(CO)cc1. The zero-order valence-electron chi connectivity index (χ0n) is 31.5. The third kappa shape index (κ3) is 8.20. The van der Waals surface area contributed by atoms with Crippen LogP contribution in [0.5, 0.6) is 0 Å². The van der Waals surface area contributed by atoms with E-state index in [4.69, 9.17) is 9.47 Å². The van der Waals surface area contributed by atoms with Crippen LogP contribution in [-0.2, 0) is 22.6 Å². The average molecular weight is 781 g/mol. The molecule has 0 aliphatic carbocycles. The van der Waals surface area contributed by atoms with Gasteiger partial charge in [-0.15, -0.1) is 0 Å².